The second-order valence-corrected chi connectivity index (χ2v) is 8.04. The van der Waals surface area contributed by atoms with Gasteiger partial charge >= 0.3 is 10.1 Å². The minimum absolute atomic E-state index is 0.00800. The third kappa shape index (κ3) is 3.62. The SMILES string of the molecule is CCc1cc(OS(=O)(=O)c2cccc3ccccc23)n(-c2ccc([N+](=O)[O-])cc2)n1. The molecule has 4 aromatic rings. The van der Waals surface area contributed by atoms with Gasteiger partial charge < -0.3 is 4.18 Å². The molecule has 0 fully saturated rings. The molecule has 1 heterocycles. The minimum atomic E-state index is -4.16. The molecule has 0 N–H and O–H groups in total. The maximum atomic E-state index is 13.1. The van der Waals surface area contributed by atoms with Crippen molar-refractivity contribution < 1.29 is 17.5 Å². The van der Waals surface area contributed by atoms with E-state index in [9.17, 15) is 18.5 Å². The van der Waals surface area contributed by atoms with Crippen molar-refractivity contribution in [2.45, 2.75) is 18.2 Å². The van der Waals surface area contributed by atoms with Crippen molar-refractivity contribution in [3.05, 3.63) is 88.6 Å². The van der Waals surface area contributed by atoms with Crippen molar-refractivity contribution in [1.29, 1.82) is 0 Å². The van der Waals surface area contributed by atoms with Gasteiger partial charge in [0.2, 0.25) is 5.88 Å². The summed E-state index contributed by atoms with van der Waals surface area (Å²) in [6, 6.07) is 19.3. The summed E-state index contributed by atoms with van der Waals surface area (Å²) in [5, 5.41) is 16.6. The molecule has 0 amide bonds. The lowest BCUT2D eigenvalue weighted by Crippen LogP contribution is -2.13. The normalized spacial score (nSPS) is 11.5. The van der Waals surface area contributed by atoms with Crippen LogP contribution in [0.2, 0.25) is 0 Å². The Hall–Kier alpha value is -3.72. The third-order valence-corrected chi connectivity index (χ3v) is 5.89. The fraction of sp³-hybridized carbons (Fsp3) is 0.0952. The van der Waals surface area contributed by atoms with Gasteiger partial charge in [-0.2, -0.15) is 18.2 Å². The van der Waals surface area contributed by atoms with Gasteiger partial charge in [0.25, 0.3) is 5.69 Å². The van der Waals surface area contributed by atoms with E-state index in [1.165, 1.54) is 35.0 Å². The Labute approximate surface area is 172 Å². The van der Waals surface area contributed by atoms with Gasteiger partial charge in [-0.1, -0.05) is 43.3 Å². The van der Waals surface area contributed by atoms with Crippen LogP contribution >= 0.6 is 0 Å². The molecule has 4 rings (SSSR count). The first-order valence-electron chi connectivity index (χ1n) is 9.15. The van der Waals surface area contributed by atoms with E-state index in [0.717, 1.165) is 5.39 Å². The molecule has 9 heteroatoms. The Morgan fingerprint density at radius 2 is 1.73 bits per heavy atom. The van der Waals surface area contributed by atoms with Gasteiger partial charge in [0.1, 0.15) is 4.90 Å². The Kier molecular flexibility index (Phi) is 4.96. The number of benzene rings is 3. The largest absolute Gasteiger partial charge is 0.358 e. The van der Waals surface area contributed by atoms with Crippen molar-refractivity contribution in [2.24, 2.45) is 0 Å². The van der Waals surface area contributed by atoms with Crippen LogP contribution in [-0.2, 0) is 16.5 Å². The molecule has 0 spiro atoms. The topological polar surface area (TPSA) is 104 Å². The summed E-state index contributed by atoms with van der Waals surface area (Å²) in [5.41, 5.74) is 0.993. The molecule has 0 aliphatic carbocycles. The second kappa shape index (κ2) is 7.60. The Morgan fingerprint density at radius 1 is 1.03 bits per heavy atom. The van der Waals surface area contributed by atoms with Gasteiger partial charge in [0, 0.05) is 23.6 Å². The average Bonchev–Trinajstić information content (AvgIpc) is 3.15. The highest BCUT2D eigenvalue weighted by molar-refractivity contribution is 7.87. The number of hydrogen-bond acceptors (Lipinski definition) is 6. The summed E-state index contributed by atoms with van der Waals surface area (Å²) < 4.78 is 33.0. The number of aryl methyl sites for hydroxylation is 1. The molecule has 30 heavy (non-hydrogen) atoms. The van der Waals surface area contributed by atoms with E-state index in [0.29, 0.717) is 23.2 Å². The molecule has 3 aromatic carbocycles. The van der Waals surface area contributed by atoms with Crippen LogP contribution in [0.25, 0.3) is 16.5 Å². The molecule has 0 radical (unpaired) electrons. The molecule has 0 unspecified atom stereocenters. The number of fused-ring (bicyclic) bond motifs is 1. The summed E-state index contributed by atoms with van der Waals surface area (Å²) >= 11 is 0. The number of non-ortho nitro benzene ring substituents is 1. The quantitative estimate of drug-likeness (QED) is 0.261. The number of nitro benzene ring substituents is 1. The number of nitro groups is 1. The van der Waals surface area contributed by atoms with Crippen molar-refractivity contribution in [3.8, 4) is 11.6 Å². The van der Waals surface area contributed by atoms with Gasteiger partial charge in [0.15, 0.2) is 0 Å². The van der Waals surface area contributed by atoms with Crippen LogP contribution in [-0.4, -0.2) is 23.1 Å². The molecular formula is C21H17N3O5S. The summed E-state index contributed by atoms with van der Waals surface area (Å²) in [7, 11) is -4.16. The molecule has 0 atom stereocenters. The van der Waals surface area contributed by atoms with Gasteiger partial charge in [-0.05, 0) is 30.0 Å². The lowest BCUT2D eigenvalue weighted by atomic mass is 10.1. The zero-order valence-corrected chi connectivity index (χ0v) is 16.7. The zero-order chi connectivity index (χ0) is 21.3. The van der Waals surface area contributed by atoms with Crippen LogP contribution in [0.1, 0.15) is 12.6 Å². The first-order chi connectivity index (χ1) is 14.4. The van der Waals surface area contributed by atoms with Crippen LogP contribution in [0.3, 0.4) is 0 Å². The smallest absolute Gasteiger partial charge is 0.341 e. The van der Waals surface area contributed by atoms with E-state index in [1.807, 2.05) is 25.1 Å². The van der Waals surface area contributed by atoms with Crippen LogP contribution in [0.5, 0.6) is 5.88 Å². The maximum absolute atomic E-state index is 13.1. The summed E-state index contributed by atoms with van der Waals surface area (Å²) in [6.45, 7) is 1.88. The van der Waals surface area contributed by atoms with Crippen molar-refractivity contribution in [1.82, 2.24) is 9.78 Å². The number of rotatable bonds is 6. The molecule has 0 bridgehead atoms. The van der Waals surface area contributed by atoms with Crippen LogP contribution < -0.4 is 4.18 Å². The third-order valence-electron chi connectivity index (χ3n) is 4.61. The van der Waals surface area contributed by atoms with E-state index < -0.39 is 15.0 Å². The number of aromatic nitrogens is 2. The molecule has 0 saturated heterocycles. The molecule has 152 valence electrons. The van der Waals surface area contributed by atoms with Gasteiger partial charge in [-0.15, -0.1) is 0 Å². The molecule has 8 nitrogen and oxygen atoms in total. The van der Waals surface area contributed by atoms with Gasteiger partial charge in [0.05, 0.1) is 16.3 Å². The summed E-state index contributed by atoms with van der Waals surface area (Å²) in [6.07, 6.45) is 0.560. The zero-order valence-electron chi connectivity index (χ0n) is 15.9. The molecule has 0 aliphatic rings. The van der Waals surface area contributed by atoms with E-state index >= 15 is 0 Å². The van der Waals surface area contributed by atoms with Crippen LogP contribution in [0, 0.1) is 10.1 Å². The molecule has 0 aliphatic heterocycles. The minimum Gasteiger partial charge on any atom is -0.358 e. The Morgan fingerprint density at radius 3 is 2.43 bits per heavy atom. The molecule has 1 aromatic heterocycles. The van der Waals surface area contributed by atoms with Crippen molar-refractivity contribution in [2.75, 3.05) is 0 Å². The Bertz CT molecular complexity index is 1340. The lowest BCUT2D eigenvalue weighted by molar-refractivity contribution is -0.384. The number of hydrogen-bond donors (Lipinski definition) is 0. The van der Waals surface area contributed by atoms with Crippen LogP contribution in [0.4, 0.5) is 5.69 Å². The van der Waals surface area contributed by atoms with E-state index in [-0.39, 0.29) is 16.5 Å². The van der Waals surface area contributed by atoms with E-state index in [4.69, 9.17) is 4.18 Å². The van der Waals surface area contributed by atoms with E-state index in [2.05, 4.69) is 5.10 Å². The molecule has 0 saturated carbocycles. The summed E-state index contributed by atoms with van der Waals surface area (Å²) in [4.78, 5) is 10.4. The fourth-order valence-corrected chi connectivity index (χ4v) is 4.25. The van der Waals surface area contributed by atoms with Gasteiger partial charge in [-0.25, -0.2) is 0 Å². The Balaban J connectivity index is 1.77. The standard InChI is InChI=1S/C21H17N3O5S/c1-2-16-14-21(23(22-16)17-10-12-18(13-11-17)24(25)26)29-30(27,28)20-9-5-7-15-6-3-4-8-19(15)20/h3-14H,2H2,1H3. The maximum Gasteiger partial charge on any atom is 0.341 e. The predicted octanol–water partition coefficient (Wildman–Crippen LogP) is 4.26. The highest BCUT2D eigenvalue weighted by Gasteiger charge is 2.23. The number of nitrogens with zero attached hydrogens (tertiary/aromatic N) is 3. The first kappa shape index (κ1) is 19.6. The van der Waals surface area contributed by atoms with Gasteiger partial charge in [-0.3, -0.25) is 10.1 Å². The predicted molar refractivity (Wildman–Crippen MR) is 111 cm³/mol. The highest BCUT2D eigenvalue weighted by Crippen LogP contribution is 2.28. The van der Waals surface area contributed by atoms with E-state index in [1.54, 1.807) is 24.3 Å². The van der Waals surface area contributed by atoms with Crippen molar-refractivity contribution >= 4 is 26.6 Å². The first-order valence-corrected chi connectivity index (χ1v) is 10.6. The summed E-state index contributed by atoms with van der Waals surface area (Å²) in [5.74, 6) is 0.00800. The van der Waals surface area contributed by atoms with Crippen molar-refractivity contribution in [3.63, 3.8) is 0 Å². The molecular weight excluding hydrogens is 406 g/mol. The lowest BCUT2D eigenvalue weighted by Gasteiger charge is -2.11. The average molecular weight is 423 g/mol. The van der Waals surface area contributed by atoms with Crippen LogP contribution in [0.15, 0.2) is 77.7 Å². The highest BCUT2D eigenvalue weighted by atomic mass is 32.2. The second-order valence-electron chi connectivity index (χ2n) is 6.53. The fourth-order valence-electron chi connectivity index (χ4n) is 3.11. The monoisotopic (exact) mass is 423 g/mol.